The molecule has 0 aliphatic carbocycles. The zero-order chi connectivity index (χ0) is 16.7. The van der Waals surface area contributed by atoms with Crippen LogP contribution in [0.5, 0.6) is 11.5 Å². The van der Waals surface area contributed by atoms with Gasteiger partial charge in [-0.1, -0.05) is 38.1 Å². The molecule has 0 aromatic heterocycles. The second-order valence-electron chi connectivity index (χ2n) is 6.36. The van der Waals surface area contributed by atoms with Gasteiger partial charge in [0.25, 0.3) is 0 Å². The van der Waals surface area contributed by atoms with Gasteiger partial charge in [-0.25, -0.2) is 0 Å². The van der Waals surface area contributed by atoms with E-state index in [1.807, 2.05) is 56.3 Å². The lowest BCUT2D eigenvalue weighted by Gasteiger charge is -2.15. The largest absolute Gasteiger partial charge is 0.493 e. The molecule has 0 amide bonds. The fraction of sp³-hybridized carbons (Fsp3) is 0.400. The van der Waals surface area contributed by atoms with Crippen LogP contribution in [-0.4, -0.2) is 12.7 Å². The molecule has 0 aliphatic heterocycles. The lowest BCUT2D eigenvalue weighted by atomic mass is 10.2. The minimum atomic E-state index is 0.176. The van der Waals surface area contributed by atoms with E-state index in [1.54, 1.807) is 0 Å². The Kier molecular flexibility index (Phi) is 6.33. The van der Waals surface area contributed by atoms with Gasteiger partial charge in [0.1, 0.15) is 11.5 Å². The number of hydrogen-bond donors (Lipinski definition) is 1. The Morgan fingerprint density at radius 3 is 2.48 bits per heavy atom. The molecular formula is C20H27NO2. The van der Waals surface area contributed by atoms with Crippen molar-refractivity contribution in [3.8, 4) is 11.5 Å². The quantitative estimate of drug-likeness (QED) is 0.733. The van der Waals surface area contributed by atoms with Gasteiger partial charge in [-0.15, -0.1) is 0 Å². The van der Waals surface area contributed by atoms with Crippen molar-refractivity contribution in [3.05, 3.63) is 54.1 Å². The fourth-order valence-electron chi connectivity index (χ4n) is 2.20. The summed E-state index contributed by atoms with van der Waals surface area (Å²) in [4.78, 5) is 0. The van der Waals surface area contributed by atoms with Gasteiger partial charge in [0, 0.05) is 23.9 Å². The zero-order valence-corrected chi connectivity index (χ0v) is 14.5. The number of benzene rings is 2. The predicted molar refractivity (Wildman–Crippen MR) is 96.3 cm³/mol. The summed E-state index contributed by atoms with van der Waals surface area (Å²) in [7, 11) is 0. The fourth-order valence-corrected chi connectivity index (χ4v) is 2.20. The summed E-state index contributed by atoms with van der Waals surface area (Å²) >= 11 is 0. The molecule has 2 aromatic rings. The van der Waals surface area contributed by atoms with Crippen LogP contribution in [0.3, 0.4) is 0 Å². The van der Waals surface area contributed by atoms with E-state index in [0.717, 1.165) is 35.9 Å². The lowest BCUT2D eigenvalue weighted by Crippen LogP contribution is -2.08. The molecular weight excluding hydrogens is 286 g/mol. The average molecular weight is 313 g/mol. The molecule has 2 aromatic carbocycles. The van der Waals surface area contributed by atoms with Gasteiger partial charge in [-0.3, -0.25) is 0 Å². The highest BCUT2D eigenvalue weighted by atomic mass is 16.5. The van der Waals surface area contributed by atoms with Gasteiger partial charge in [0.15, 0.2) is 0 Å². The highest BCUT2D eigenvalue weighted by Crippen LogP contribution is 2.22. The Balaban J connectivity index is 2.00. The van der Waals surface area contributed by atoms with E-state index in [-0.39, 0.29) is 6.10 Å². The maximum absolute atomic E-state index is 5.90. The Labute approximate surface area is 139 Å². The minimum absolute atomic E-state index is 0.176. The summed E-state index contributed by atoms with van der Waals surface area (Å²) in [5.41, 5.74) is 2.20. The molecule has 23 heavy (non-hydrogen) atoms. The standard InChI is InChI=1S/C20H27NO2/c1-15(2)14-22-20-11-6-5-8-17(20)13-21-18-9-7-10-19(12-18)23-16(3)4/h5-12,15-16,21H,13-14H2,1-4H3. The van der Waals surface area contributed by atoms with Gasteiger partial charge in [-0.2, -0.15) is 0 Å². The Bertz CT molecular complexity index is 608. The maximum Gasteiger partial charge on any atom is 0.124 e. The molecule has 0 atom stereocenters. The van der Waals surface area contributed by atoms with Crippen molar-refractivity contribution >= 4 is 5.69 Å². The summed E-state index contributed by atoms with van der Waals surface area (Å²) < 4.78 is 11.6. The van der Waals surface area contributed by atoms with Crippen LogP contribution < -0.4 is 14.8 Å². The zero-order valence-electron chi connectivity index (χ0n) is 14.5. The molecule has 1 N–H and O–H groups in total. The molecule has 3 heteroatoms. The number of ether oxygens (including phenoxy) is 2. The van der Waals surface area contributed by atoms with Gasteiger partial charge in [0.2, 0.25) is 0 Å². The first-order valence-corrected chi connectivity index (χ1v) is 8.26. The smallest absolute Gasteiger partial charge is 0.124 e. The van der Waals surface area contributed by atoms with Crippen molar-refractivity contribution in [1.82, 2.24) is 0 Å². The molecule has 0 fully saturated rings. The topological polar surface area (TPSA) is 30.5 Å². The SMILES string of the molecule is CC(C)COc1ccccc1CNc1cccc(OC(C)C)c1. The molecule has 0 saturated carbocycles. The minimum Gasteiger partial charge on any atom is -0.493 e. The Morgan fingerprint density at radius 1 is 0.957 bits per heavy atom. The Morgan fingerprint density at radius 2 is 1.74 bits per heavy atom. The van der Waals surface area contributed by atoms with E-state index < -0.39 is 0 Å². The molecule has 3 nitrogen and oxygen atoms in total. The van der Waals surface area contributed by atoms with Crippen molar-refractivity contribution < 1.29 is 9.47 Å². The van der Waals surface area contributed by atoms with Crippen LogP contribution in [0.25, 0.3) is 0 Å². The van der Waals surface area contributed by atoms with Crippen molar-refractivity contribution in [2.75, 3.05) is 11.9 Å². The van der Waals surface area contributed by atoms with Gasteiger partial charge in [0.05, 0.1) is 12.7 Å². The van der Waals surface area contributed by atoms with Crippen LogP contribution in [0.1, 0.15) is 33.3 Å². The molecule has 0 spiro atoms. The van der Waals surface area contributed by atoms with Crippen LogP contribution in [-0.2, 0) is 6.54 Å². The normalized spacial score (nSPS) is 10.9. The molecule has 0 aliphatic rings. The summed E-state index contributed by atoms with van der Waals surface area (Å²) in [6.45, 7) is 9.82. The van der Waals surface area contributed by atoms with Crippen LogP contribution in [0.15, 0.2) is 48.5 Å². The van der Waals surface area contributed by atoms with Crippen LogP contribution in [0, 0.1) is 5.92 Å². The molecule has 0 bridgehead atoms. The second-order valence-corrected chi connectivity index (χ2v) is 6.36. The summed E-state index contributed by atoms with van der Waals surface area (Å²) in [6.07, 6.45) is 0.176. The van der Waals surface area contributed by atoms with Crippen molar-refractivity contribution in [2.24, 2.45) is 5.92 Å². The molecule has 0 unspecified atom stereocenters. The van der Waals surface area contributed by atoms with Gasteiger partial charge in [-0.05, 0) is 38.0 Å². The van der Waals surface area contributed by atoms with E-state index in [4.69, 9.17) is 9.47 Å². The number of para-hydroxylation sites is 1. The number of rotatable bonds is 8. The number of nitrogens with one attached hydrogen (secondary N) is 1. The van der Waals surface area contributed by atoms with Crippen molar-refractivity contribution in [3.63, 3.8) is 0 Å². The first-order chi connectivity index (χ1) is 11.0. The maximum atomic E-state index is 5.90. The first kappa shape index (κ1) is 17.2. The van der Waals surface area contributed by atoms with E-state index in [9.17, 15) is 0 Å². The van der Waals surface area contributed by atoms with Crippen LogP contribution >= 0.6 is 0 Å². The van der Waals surface area contributed by atoms with E-state index in [2.05, 4.69) is 25.2 Å². The molecule has 0 heterocycles. The Hall–Kier alpha value is -2.16. The van der Waals surface area contributed by atoms with Gasteiger partial charge < -0.3 is 14.8 Å². The number of hydrogen-bond acceptors (Lipinski definition) is 3. The summed E-state index contributed by atoms with van der Waals surface area (Å²) in [5, 5.41) is 3.44. The van der Waals surface area contributed by atoms with E-state index >= 15 is 0 Å². The third-order valence-electron chi connectivity index (χ3n) is 3.23. The third kappa shape index (κ3) is 5.85. The molecule has 0 saturated heterocycles. The van der Waals surface area contributed by atoms with Crippen LogP contribution in [0.4, 0.5) is 5.69 Å². The highest BCUT2D eigenvalue weighted by molar-refractivity contribution is 5.49. The highest BCUT2D eigenvalue weighted by Gasteiger charge is 2.05. The van der Waals surface area contributed by atoms with E-state index in [0.29, 0.717) is 5.92 Å². The average Bonchev–Trinajstić information content (AvgIpc) is 2.51. The summed E-state index contributed by atoms with van der Waals surface area (Å²) in [6, 6.07) is 16.2. The first-order valence-electron chi connectivity index (χ1n) is 8.26. The second kappa shape index (κ2) is 8.47. The molecule has 2 rings (SSSR count). The lowest BCUT2D eigenvalue weighted by molar-refractivity contribution is 0.242. The number of anilines is 1. The summed E-state index contributed by atoms with van der Waals surface area (Å²) in [5.74, 6) is 2.35. The monoisotopic (exact) mass is 313 g/mol. The molecule has 0 radical (unpaired) electrons. The van der Waals surface area contributed by atoms with Crippen molar-refractivity contribution in [1.29, 1.82) is 0 Å². The molecule has 124 valence electrons. The van der Waals surface area contributed by atoms with Gasteiger partial charge >= 0.3 is 0 Å². The predicted octanol–water partition coefficient (Wildman–Crippen LogP) is 5.12. The van der Waals surface area contributed by atoms with E-state index in [1.165, 1.54) is 0 Å². The third-order valence-corrected chi connectivity index (χ3v) is 3.23. The van der Waals surface area contributed by atoms with Crippen LogP contribution in [0.2, 0.25) is 0 Å². The van der Waals surface area contributed by atoms with Crippen molar-refractivity contribution in [2.45, 2.75) is 40.3 Å².